The van der Waals surface area contributed by atoms with E-state index in [1.54, 1.807) is 0 Å². The van der Waals surface area contributed by atoms with E-state index >= 15 is 0 Å². The number of phenols is 1. The van der Waals surface area contributed by atoms with E-state index in [4.69, 9.17) is 10.5 Å². The second-order valence-electron chi connectivity index (χ2n) is 11.8. The fraction of sp³-hybridized carbons (Fsp3) is 0.484. The molecule has 5 rings (SSSR count). The van der Waals surface area contributed by atoms with Gasteiger partial charge in [0.05, 0.1) is 4.92 Å². The molecule has 14 nitrogen and oxygen atoms in total. The van der Waals surface area contributed by atoms with Crippen LogP contribution in [0.2, 0.25) is 0 Å². The molecule has 45 heavy (non-hydrogen) atoms. The number of rotatable bonds is 13. The summed E-state index contributed by atoms with van der Waals surface area (Å²) in [5.41, 5.74) is 7.52. The molecule has 2 saturated heterocycles. The number of aromatic hydroxyl groups is 1. The first-order valence-corrected chi connectivity index (χ1v) is 15.2. The van der Waals surface area contributed by atoms with Crippen LogP contribution in [-0.4, -0.2) is 89.0 Å². The van der Waals surface area contributed by atoms with Crippen molar-refractivity contribution in [1.29, 1.82) is 0 Å². The van der Waals surface area contributed by atoms with E-state index in [1.807, 2.05) is 24.3 Å². The van der Waals surface area contributed by atoms with Crippen LogP contribution in [0, 0.1) is 16.0 Å². The van der Waals surface area contributed by atoms with Gasteiger partial charge in [-0.25, -0.2) is 0 Å². The summed E-state index contributed by atoms with van der Waals surface area (Å²) in [7, 11) is 0. The smallest absolute Gasteiger partial charge is 0.310 e. The van der Waals surface area contributed by atoms with Gasteiger partial charge in [0, 0.05) is 25.6 Å². The monoisotopic (exact) mass is 622 g/mol. The SMILES string of the molecule is NC(=O)[C@H](NC(=O)[C@@H](Cc1ccc(O)c([N+](=O)[O-])c1)NC(=O)[C@H]1O[C@H]1C(=O)NCCN1CCCCC1)C1Cc2ccccc2C1. The topological polar surface area (TPSA) is 210 Å². The van der Waals surface area contributed by atoms with Crippen molar-refractivity contribution in [1.82, 2.24) is 20.9 Å². The third-order valence-corrected chi connectivity index (χ3v) is 8.65. The first-order valence-electron chi connectivity index (χ1n) is 15.2. The van der Waals surface area contributed by atoms with E-state index in [2.05, 4.69) is 20.9 Å². The normalized spacial score (nSPS) is 20.8. The number of amides is 4. The number of phenolic OH excluding ortho intramolecular Hbond substituents is 1. The summed E-state index contributed by atoms with van der Waals surface area (Å²) in [6, 6.07) is 8.95. The Labute approximate surface area is 259 Å². The lowest BCUT2D eigenvalue weighted by atomic mass is 9.95. The Kier molecular flexibility index (Phi) is 9.93. The lowest BCUT2D eigenvalue weighted by Gasteiger charge is -2.26. The van der Waals surface area contributed by atoms with Gasteiger partial charge in [-0.1, -0.05) is 36.8 Å². The summed E-state index contributed by atoms with van der Waals surface area (Å²) in [5.74, 6) is -3.48. The number of epoxide rings is 1. The number of ether oxygens (including phenoxy) is 1. The molecule has 14 heteroatoms. The molecule has 0 unspecified atom stereocenters. The molecule has 0 saturated carbocycles. The number of nitro benzene ring substituents is 1. The zero-order valence-corrected chi connectivity index (χ0v) is 24.8. The van der Waals surface area contributed by atoms with E-state index < -0.39 is 64.3 Å². The first-order chi connectivity index (χ1) is 21.6. The average molecular weight is 623 g/mol. The van der Waals surface area contributed by atoms with Gasteiger partial charge in [0.1, 0.15) is 12.1 Å². The molecule has 0 spiro atoms. The highest BCUT2D eigenvalue weighted by Gasteiger charge is 2.51. The molecule has 1 aliphatic carbocycles. The molecular formula is C31H38N6O8. The number of nitrogens with two attached hydrogens (primary N) is 1. The fourth-order valence-corrected chi connectivity index (χ4v) is 6.18. The third kappa shape index (κ3) is 7.94. The van der Waals surface area contributed by atoms with E-state index in [9.17, 15) is 34.4 Å². The van der Waals surface area contributed by atoms with Gasteiger partial charge in [-0.3, -0.25) is 29.3 Å². The van der Waals surface area contributed by atoms with Crippen LogP contribution in [0.3, 0.4) is 0 Å². The Bertz CT molecular complexity index is 1440. The predicted molar refractivity (Wildman–Crippen MR) is 161 cm³/mol. The van der Waals surface area contributed by atoms with Crippen LogP contribution in [0.1, 0.15) is 36.0 Å². The van der Waals surface area contributed by atoms with Crippen LogP contribution < -0.4 is 21.7 Å². The number of primary amides is 1. The van der Waals surface area contributed by atoms with Crippen molar-refractivity contribution in [2.75, 3.05) is 26.2 Å². The number of nitrogens with one attached hydrogen (secondary N) is 3. The minimum Gasteiger partial charge on any atom is -0.502 e. The third-order valence-electron chi connectivity index (χ3n) is 8.65. The number of benzene rings is 2. The zero-order valence-electron chi connectivity index (χ0n) is 24.8. The predicted octanol–water partition coefficient (Wildman–Crippen LogP) is 0.0823. The molecule has 2 fully saturated rings. The first kappa shape index (κ1) is 31.9. The Morgan fingerprint density at radius 1 is 1.00 bits per heavy atom. The lowest BCUT2D eigenvalue weighted by Crippen LogP contribution is -2.56. The fourth-order valence-electron chi connectivity index (χ4n) is 6.18. The molecule has 0 radical (unpaired) electrons. The van der Waals surface area contributed by atoms with Gasteiger partial charge >= 0.3 is 5.69 Å². The zero-order chi connectivity index (χ0) is 32.1. The van der Waals surface area contributed by atoms with Gasteiger partial charge in [-0.05, 0) is 67.4 Å². The number of nitrogens with zero attached hydrogens (tertiary/aromatic N) is 2. The Morgan fingerprint density at radius 3 is 2.31 bits per heavy atom. The van der Waals surface area contributed by atoms with Gasteiger partial charge in [0.25, 0.3) is 11.8 Å². The van der Waals surface area contributed by atoms with Crippen LogP contribution >= 0.6 is 0 Å². The van der Waals surface area contributed by atoms with E-state index in [0.29, 0.717) is 25.9 Å². The minimum atomic E-state index is -1.31. The number of hydrogen-bond donors (Lipinski definition) is 5. The van der Waals surface area contributed by atoms with Crippen molar-refractivity contribution < 1.29 is 33.9 Å². The van der Waals surface area contributed by atoms with Crippen LogP contribution in [0.25, 0.3) is 0 Å². The number of hydrogen-bond acceptors (Lipinski definition) is 9. The Morgan fingerprint density at radius 2 is 1.67 bits per heavy atom. The molecule has 4 amide bonds. The van der Waals surface area contributed by atoms with Crippen LogP contribution in [0.4, 0.5) is 5.69 Å². The molecule has 2 aliphatic heterocycles. The maximum Gasteiger partial charge on any atom is 0.310 e. The minimum absolute atomic E-state index is 0.214. The maximum atomic E-state index is 13.6. The number of piperidine rings is 1. The number of likely N-dealkylation sites (tertiary alicyclic amines) is 1. The van der Waals surface area contributed by atoms with Gasteiger partial charge < -0.3 is 36.4 Å². The van der Waals surface area contributed by atoms with Crippen molar-refractivity contribution in [3.8, 4) is 5.75 Å². The average Bonchev–Trinajstić information content (AvgIpc) is 3.72. The molecule has 0 bridgehead atoms. The number of nitro groups is 1. The molecule has 4 atom stereocenters. The maximum absolute atomic E-state index is 13.6. The number of fused-ring (bicyclic) bond motifs is 1. The summed E-state index contributed by atoms with van der Waals surface area (Å²) >= 11 is 0. The van der Waals surface area contributed by atoms with Crippen molar-refractivity contribution in [2.45, 2.75) is 62.8 Å². The van der Waals surface area contributed by atoms with E-state index in [0.717, 1.165) is 49.2 Å². The highest BCUT2D eigenvalue weighted by Crippen LogP contribution is 2.30. The van der Waals surface area contributed by atoms with Crippen molar-refractivity contribution in [3.05, 3.63) is 69.3 Å². The molecule has 0 aromatic heterocycles. The van der Waals surface area contributed by atoms with Gasteiger partial charge in [0.15, 0.2) is 18.0 Å². The molecular weight excluding hydrogens is 584 g/mol. The van der Waals surface area contributed by atoms with E-state index in [1.165, 1.54) is 12.5 Å². The summed E-state index contributed by atoms with van der Waals surface area (Å²) in [4.78, 5) is 64.8. The second-order valence-corrected chi connectivity index (χ2v) is 11.8. The number of carbonyl (C=O) groups is 4. The lowest BCUT2D eigenvalue weighted by molar-refractivity contribution is -0.385. The quantitative estimate of drug-likeness (QED) is 0.116. The standard InChI is InChI=1S/C31H38N6O8/c32-28(39)25(21-16-19-6-2-3-7-20(19)17-21)35-29(40)22(14-18-8-9-24(38)23(15-18)37(43)44)34-31(42)27-26(45-27)30(41)33-10-13-36-11-4-1-5-12-36/h2-3,6-9,15,21-22,25-27,38H,1,4-5,10-14,16-17H2,(H2,32,39)(H,33,41)(H,34,42)(H,35,40)/t22-,25-,26-,27+/m1/s1. The van der Waals surface area contributed by atoms with Gasteiger partial charge in [-0.2, -0.15) is 0 Å². The molecule has 3 aliphatic rings. The summed E-state index contributed by atoms with van der Waals surface area (Å²) in [6.45, 7) is 3.08. The van der Waals surface area contributed by atoms with Crippen molar-refractivity contribution >= 4 is 29.3 Å². The molecule has 2 aromatic rings. The van der Waals surface area contributed by atoms with E-state index in [-0.39, 0.29) is 17.9 Å². The van der Waals surface area contributed by atoms with Crippen molar-refractivity contribution in [2.24, 2.45) is 11.7 Å². The Hall–Kier alpha value is -4.56. The van der Waals surface area contributed by atoms with Crippen molar-refractivity contribution in [3.63, 3.8) is 0 Å². The van der Waals surface area contributed by atoms with Crippen LogP contribution in [0.15, 0.2) is 42.5 Å². The molecule has 240 valence electrons. The summed E-state index contributed by atoms with van der Waals surface area (Å²) in [5, 5.41) is 29.3. The van der Waals surface area contributed by atoms with Crippen LogP contribution in [0.5, 0.6) is 5.75 Å². The summed E-state index contributed by atoms with van der Waals surface area (Å²) < 4.78 is 5.35. The number of carbonyl (C=O) groups excluding carboxylic acids is 4. The second kappa shape index (κ2) is 14.0. The largest absolute Gasteiger partial charge is 0.502 e. The van der Waals surface area contributed by atoms with Gasteiger partial charge in [0.2, 0.25) is 11.8 Å². The van der Waals surface area contributed by atoms with Crippen LogP contribution in [-0.2, 0) is 43.2 Å². The Balaban J connectivity index is 1.25. The highest BCUT2D eigenvalue weighted by molar-refractivity contribution is 5.97. The molecule has 2 heterocycles. The van der Waals surface area contributed by atoms with Gasteiger partial charge in [-0.15, -0.1) is 0 Å². The highest BCUT2D eigenvalue weighted by atomic mass is 16.6. The molecule has 6 N–H and O–H groups in total. The summed E-state index contributed by atoms with van der Waals surface area (Å²) in [6.07, 6.45) is 2.16. The molecule has 2 aromatic carbocycles.